The number of carbonyl (C=O) groups excluding carboxylic acids is 1. The third-order valence-corrected chi connectivity index (χ3v) is 6.19. The van der Waals surface area contributed by atoms with Crippen molar-refractivity contribution in [1.82, 2.24) is 20.2 Å². The van der Waals surface area contributed by atoms with Crippen LogP contribution >= 0.6 is 0 Å². The summed E-state index contributed by atoms with van der Waals surface area (Å²) in [6, 6.07) is 21.8. The summed E-state index contributed by atoms with van der Waals surface area (Å²) < 4.78 is 0. The fourth-order valence-electron chi connectivity index (χ4n) is 4.31. The number of piperazine rings is 1. The highest BCUT2D eigenvalue weighted by atomic mass is 16.1. The molecule has 166 valence electrons. The number of nitrogens with zero attached hydrogens (tertiary/aromatic N) is 4. The SMILES string of the molecule is CN1CCN(c2ccccc2CNC(=O)c2cc(-c3cccnc3)nc3ccccc23)CC1. The van der Waals surface area contributed by atoms with Crippen molar-refractivity contribution in [3.8, 4) is 11.3 Å². The lowest BCUT2D eigenvalue weighted by molar-refractivity contribution is 0.0952. The molecule has 4 aromatic rings. The minimum absolute atomic E-state index is 0.105. The van der Waals surface area contributed by atoms with Crippen LogP contribution in [0.4, 0.5) is 5.69 Å². The minimum Gasteiger partial charge on any atom is -0.369 e. The zero-order valence-electron chi connectivity index (χ0n) is 18.7. The zero-order valence-corrected chi connectivity index (χ0v) is 18.7. The summed E-state index contributed by atoms with van der Waals surface area (Å²) in [5.74, 6) is -0.105. The fraction of sp³-hybridized carbons (Fsp3) is 0.222. The normalized spacial score (nSPS) is 14.4. The third-order valence-electron chi connectivity index (χ3n) is 6.19. The summed E-state index contributed by atoms with van der Waals surface area (Å²) in [7, 11) is 2.16. The van der Waals surface area contributed by atoms with Gasteiger partial charge in [-0.2, -0.15) is 0 Å². The van der Waals surface area contributed by atoms with Gasteiger partial charge < -0.3 is 15.1 Å². The molecule has 1 saturated heterocycles. The number of nitrogens with one attached hydrogen (secondary N) is 1. The van der Waals surface area contributed by atoms with Crippen molar-refractivity contribution < 1.29 is 4.79 Å². The van der Waals surface area contributed by atoms with Crippen LogP contribution in [-0.2, 0) is 6.54 Å². The fourth-order valence-corrected chi connectivity index (χ4v) is 4.31. The maximum atomic E-state index is 13.4. The summed E-state index contributed by atoms with van der Waals surface area (Å²) in [6.07, 6.45) is 3.50. The van der Waals surface area contributed by atoms with Crippen LogP contribution in [0.5, 0.6) is 0 Å². The van der Waals surface area contributed by atoms with Gasteiger partial charge in [0.15, 0.2) is 0 Å². The Kier molecular flexibility index (Phi) is 6.00. The van der Waals surface area contributed by atoms with Crippen LogP contribution < -0.4 is 10.2 Å². The van der Waals surface area contributed by atoms with Crippen molar-refractivity contribution in [1.29, 1.82) is 0 Å². The molecule has 0 bridgehead atoms. The average molecular weight is 438 g/mol. The molecule has 1 fully saturated rings. The smallest absolute Gasteiger partial charge is 0.252 e. The standard InChI is InChI=1S/C27H27N5O/c1-31-13-15-32(16-14-31)26-11-5-2-7-21(26)19-29-27(33)23-17-25(20-8-6-12-28-18-20)30-24-10-4-3-9-22(23)24/h2-12,17-18H,13-16,19H2,1H3,(H,29,33). The Balaban J connectivity index is 1.42. The van der Waals surface area contributed by atoms with E-state index in [-0.39, 0.29) is 5.91 Å². The molecule has 1 aliphatic heterocycles. The summed E-state index contributed by atoms with van der Waals surface area (Å²) >= 11 is 0. The minimum atomic E-state index is -0.105. The Hall–Kier alpha value is -3.77. The van der Waals surface area contributed by atoms with E-state index in [4.69, 9.17) is 4.98 Å². The molecular weight excluding hydrogens is 410 g/mol. The summed E-state index contributed by atoms with van der Waals surface area (Å²) in [5.41, 5.74) is 5.36. The zero-order chi connectivity index (χ0) is 22.6. The number of benzene rings is 2. The van der Waals surface area contributed by atoms with Crippen molar-refractivity contribution in [2.45, 2.75) is 6.54 Å². The number of hydrogen-bond donors (Lipinski definition) is 1. The van der Waals surface area contributed by atoms with E-state index >= 15 is 0 Å². The second-order valence-corrected chi connectivity index (χ2v) is 8.42. The number of fused-ring (bicyclic) bond motifs is 1. The molecule has 0 unspecified atom stereocenters. The van der Waals surface area contributed by atoms with E-state index in [0.717, 1.165) is 53.9 Å². The predicted molar refractivity (Wildman–Crippen MR) is 132 cm³/mol. The molecule has 0 radical (unpaired) electrons. The Morgan fingerprint density at radius 3 is 2.58 bits per heavy atom. The highest BCUT2D eigenvalue weighted by Crippen LogP contribution is 2.25. The number of likely N-dealkylation sites (N-methyl/N-ethyl adjacent to an activating group) is 1. The molecule has 1 N–H and O–H groups in total. The maximum absolute atomic E-state index is 13.4. The molecular formula is C27H27N5O. The monoisotopic (exact) mass is 437 g/mol. The Bertz CT molecular complexity index is 1270. The van der Waals surface area contributed by atoms with Crippen LogP contribution in [-0.4, -0.2) is 54.0 Å². The topological polar surface area (TPSA) is 61.4 Å². The number of amides is 1. The highest BCUT2D eigenvalue weighted by Gasteiger charge is 2.18. The van der Waals surface area contributed by atoms with Gasteiger partial charge in [-0.15, -0.1) is 0 Å². The van der Waals surface area contributed by atoms with Crippen molar-refractivity contribution in [2.24, 2.45) is 0 Å². The van der Waals surface area contributed by atoms with Crippen LogP contribution in [0.25, 0.3) is 22.2 Å². The number of pyridine rings is 2. The van der Waals surface area contributed by atoms with Crippen LogP contribution in [0.3, 0.4) is 0 Å². The number of rotatable bonds is 5. The molecule has 5 rings (SSSR count). The van der Waals surface area contributed by atoms with Crippen molar-refractivity contribution in [2.75, 3.05) is 38.1 Å². The van der Waals surface area contributed by atoms with Crippen LogP contribution in [0, 0.1) is 0 Å². The molecule has 2 aromatic carbocycles. The highest BCUT2D eigenvalue weighted by molar-refractivity contribution is 6.07. The number of hydrogen-bond acceptors (Lipinski definition) is 5. The van der Waals surface area contributed by atoms with E-state index in [1.807, 2.05) is 48.5 Å². The lowest BCUT2D eigenvalue weighted by Crippen LogP contribution is -2.45. The van der Waals surface area contributed by atoms with E-state index in [0.29, 0.717) is 12.1 Å². The first kappa shape index (κ1) is 21.1. The quantitative estimate of drug-likeness (QED) is 0.512. The van der Waals surface area contributed by atoms with E-state index in [2.05, 4.69) is 45.3 Å². The first-order chi connectivity index (χ1) is 16.2. The van der Waals surface area contributed by atoms with Crippen molar-refractivity contribution in [3.63, 3.8) is 0 Å². The Morgan fingerprint density at radius 2 is 1.76 bits per heavy atom. The molecule has 0 saturated carbocycles. The molecule has 1 aliphatic rings. The number of carbonyl (C=O) groups is 1. The van der Waals surface area contributed by atoms with Gasteiger partial charge in [0, 0.05) is 61.8 Å². The molecule has 0 spiro atoms. The molecule has 0 atom stereocenters. The second-order valence-electron chi connectivity index (χ2n) is 8.42. The van der Waals surface area contributed by atoms with Gasteiger partial charge >= 0.3 is 0 Å². The second kappa shape index (κ2) is 9.38. The largest absolute Gasteiger partial charge is 0.369 e. The molecule has 1 amide bonds. The van der Waals surface area contributed by atoms with Gasteiger partial charge in [-0.1, -0.05) is 36.4 Å². The third kappa shape index (κ3) is 4.56. The predicted octanol–water partition coefficient (Wildman–Crippen LogP) is 3.98. The molecule has 0 aliphatic carbocycles. The Labute approximate surface area is 193 Å². The summed E-state index contributed by atoms with van der Waals surface area (Å²) in [4.78, 5) is 27.1. The summed E-state index contributed by atoms with van der Waals surface area (Å²) in [6.45, 7) is 4.54. The first-order valence-electron chi connectivity index (χ1n) is 11.3. The van der Waals surface area contributed by atoms with Crippen LogP contribution in [0.15, 0.2) is 79.1 Å². The van der Waals surface area contributed by atoms with Gasteiger partial charge in [-0.05, 0) is 42.9 Å². The van der Waals surface area contributed by atoms with Crippen LogP contribution in [0.2, 0.25) is 0 Å². The maximum Gasteiger partial charge on any atom is 0.252 e. The van der Waals surface area contributed by atoms with Gasteiger partial charge in [-0.3, -0.25) is 9.78 Å². The van der Waals surface area contributed by atoms with Gasteiger partial charge in [0.1, 0.15) is 0 Å². The number of aromatic nitrogens is 2. The lowest BCUT2D eigenvalue weighted by Gasteiger charge is -2.35. The number of anilines is 1. The van der Waals surface area contributed by atoms with E-state index in [1.54, 1.807) is 12.4 Å². The lowest BCUT2D eigenvalue weighted by atomic mass is 10.0. The van der Waals surface area contributed by atoms with Crippen LogP contribution in [0.1, 0.15) is 15.9 Å². The molecule has 33 heavy (non-hydrogen) atoms. The van der Waals surface area contributed by atoms with Crippen molar-refractivity contribution >= 4 is 22.5 Å². The first-order valence-corrected chi connectivity index (χ1v) is 11.3. The van der Waals surface area contributed by atoms with E-state index in [1.165, 1.54) is 5.69 Å². The van der Waals surface area contributed by atoms with Crippen molar-refractivity contribution in [3.05, 3.63) is 90.3 Å². The van der Waals surface area contributed by atoms with E-state index in [9.17, 15) is 4.79 Å². The molecule has 2 aromatic heterocycles. The number of para-hydroxylation sites is 2. The summed E-state index contributed by atoms with van der Waals surface area (Å²) in [5, 5.41) is 4.00. The van der Waals surface area contributed by atoms with Gasteiger partial charge in [0.05, 0.1) is 16.8 Å². The molecule has 6 heteroatoms. The average Bonchev–Trinajstić information content (AvgIpc) is 2.88. The van der Waals surface area contributed by atoms with Gasteiger partial charge in [0.25, 0.3) is 5.91 Å². The van der Waals surface area contributed by atoms with Gasteiger partial charge in [-0.25, -0.2) is 4.98 Å². The van der Waals surface area contributed by atoms with Gasteiger partial charge in [0.2, 0.25) is 0 Å². The molecule has 3 heterocycles. The van der Waals surface area contributed by atoms with E-state index < -0.39 is 0 Å². The molecule has 6 nitrogen and oxygen atoms in total. The Morgan fingerprint density at radius 1 is 0.970 bits per heavy atom.